The Balaban J connectivity index is 2.61. The summed E-state index contributed by atoms with van der Waals surface area (Å²) in [4.78, 5) is 12.2. The molecule has 0 aliphatic heterocycles. The summed E-state index contributed by atoms with van der Waals surface area (Å²) in [6, 6.07) is 13.8. The molecule has 0 amide bonds. The number of methoxy groups -OCH3 is 1. The molecule has 1 atom stereocenters. The van der Waals surface area contributed by atoms with Crippen LogP contribution in [0.25, 0.3) is 10.8 Å². The molecule has 0 fully saturated rings. The van der Waals surface area contributed by atoms with Gasteiger partial charge in [-0.2, -0.15) is 0 Å². The predicted molar refractivity (Wildman–Crippen MR) is 74.9 cm³/mol. The van der Waals surface area contributed by atoms with Gasteiger partial charge in [-0.05, 0) is 24.6 Å². The zero-order valence-electron chi connectivity index (χ0n) is 11.5. The Hall–Kier alpha value is -1.87. The summed E-state index contributed by atoms with van der Waals surface area (Å²) in [5.41, 5.74) is -0.261. The summed E-state index contributed by atoms with van der Waals surface area (Å²) in [7, 11) is 1.53. The van der Waals surface area contributed by atoms with Crippen LogP contribution < -0.4 is 0 Å². The van der Waals surface area contributed by atoms with Crippen LogP contribution in [0.1, 0.15) is 19.4 Å². The highest BCUT2D eigenvalue weighted by molar-refractivity contribution is 5.92. The van der Waals surface area contributed by atoms with E-state index in [4.69, 9.17) is 9.47 Å². The van der Waals surface area contributed by atoms with E-state index >= 15 is 0 Å². The van der Waals surface area contributed by atoms with Gasteiger partial charge >= 0.3 is 5.97 Å². The van der Waals surface area contributed by atoms with E-state index in [1.54, 1.807) is 13.8 Å². The second-order valence-electron chi connectivity index (χ2n) is 4.48. The van der Waals surface area contributed by atoms with E-state index in [1.165, 1.54) is 7.11 Å². The minimum Gasteiger partial charge on any atom is -0.464 e. The molecular weight excluding hydrogens is 240 g/mol. The third-order valence-corrected chi connectivity index (χ3v) is 3.38. The minimum atomic E-state index is -1.09. The Labute approximate surface area is 113 Å². The van der Waals surface area contributed by atoms with Crippen molar-refractivity contribution < 1.29 is 14.3 Å². The van der Waals surface area contributed by atoms with Gasteiger partial charge in [-0.1, -0.05) is 42.5 Å². The van der Waals surface area contributed by atoms with Gasteiger partial charge in [0.05, 0.1) is 6.61 Å². The quantitative estimate of drug-likeness (QED) is 0.790. The lowest BCUT2D eigenvalue weighted by atomic mass is 9.90. The first-order valence-electron chi connectivity index (χ1n) is 6.34. The molecule has 0 N–H and O–H groups in total. The number of carbonyl (C=O) groups is 1. The smallest absolute Gasteiger partial charge is 0.342 e. The maximum atomic E-state index is 12.2. The number of fused-ring (bicyclic) bond motifs is 1. The second kappa shape index (κ2) is 5.41. The average molecular weight is 258 g/mol. The van der Waals surface area contributed by atoms with Crippen LogP contribution in [0.5, 0.6) is 0 Å². The normalized spacial score (nSPS) is 14.1. The first kappa shape index (κ1) is 13.6. The van der Waals surface area contributed by atoms with Crippen LogP contribution in [0.15, 0.2) is 42.5 Å². The van der Waals surface area contributed by atoms with Crippen LogP contribution in [-0.2, 0) is 19.9 Å². The van der Waals surface area contributed by atoms with Gasteiger partial charge in [0.25, 0.3) is 0 Å². The summed E-state index contributed by atoms with van der Waals surface area (Å²) in [5, 5.41) is 2.08. The molecule has 0 radical (unpaired) electrons. The van der Waals surface area contributed by atoms with E-state index in [2.05, 4.69) is 0 Å². The fourth-order valence-corrected chi connectivity index (χ4v) is 2.21. The molecule has 0 aliphatic rings. The van der Waals surface area contributed by atoms with Crippen molar-refractivity contribution in [3.05, 3.63) is 48.0 Å². The van der Waals surface area contributed by atoms with Crippen molar-refractivity contribution in [2.75, 3.05) is 13.7 Å². The maximum Gasteiger partial charge on any atom is 0.342 e. The van der Waals surface area contributed by atoms with Gasteiger partial charge in [0.15, 0.2) is 5.60 Å². The summed E-state index contributed by atoms with van der Waals surface area (Å²) in [5.74, 6) is -0.367. The molecule has 2 aromatic rings. The Bertz CT molecular complexity index is 586. The molecule has 0 saturated heterocycles. The van der Waals surface area contributed by atoms with Crippen molar-refractivity contribution in [3.63, 3.8) is 0 Å². The fourth-order valence-electron chi connectivity index (χ4n) is 2.21. The van der Waals surface area contributed by atoms with E-state index < -0.39 is 5.60 Å². The van der Waals surface area contributed by atoms with Gasteiger partial charge < -0.3 is 9.47 Å². The summed E-state index contributed by atoms with van der Waals surface area (Å²) >= 11 is 0. The lowest BCUT2D eigenvalue weighted by molar-refractivity contribution is -0.167. The standard InChI is InChI=1S/C16H18O3/c1-4-19-15(17)16(2,18-3)14-11-7-9-12-8-5-6-10-13(12)14/h5-11H,4H2,1-3H3/t16-/m0/s1. The van der Waals surface area contributed by atoms with Gasteiger partial charge in [0.1, 0.15) is 0 Å². The Morgan fingerprint density at radius 1 is 1.16 bits per heavy atom. The molecule has 19 heavy (non-hydrogen) atoms. The number of carbonyl (C=O) groups excluding carboxylic acids is 1. The van der Waals surface area contributed by atoms with Crippen LogP contribution in [0.4, 0.5) is 0 Å². The third-order valence-electron chi connectivity index (χ3n) is 3.38. The highest BCUT2D eigenvalue weighted by Crippen LogP contribution is 2.32. The monoisotopic (exact) mass is 258 g/mol. The zero-order chi connectivity index (χ0) is 13.9. The number of ether oxygens (including phenoxy) is 2. The topological polar surface area (TPSA) is 35.5 Å². The third kappa shape index (κ3) is 2.34. The number of hydrogen-bond acceptors (Lipinski definition) is 3. The van der Waals surface area contributed by atoms with Crippen molar-refractivity contribution in [2.24, 2.45) is 0 Å². The Morgan fingerprint density at radius 2 is 1.84 bits per heavy atom. The molecule has 0 saturated carbocycles. The molecule has 0 spiro atoms. The van der Waals surface area contributed by atoms with E-state index in [-0.39, 0.29) is 5.97 Å². The molecule has 3 nitrogen and oxygen atoms in total. The van der Waals surface area contributed by atoms with Gasteiger partial charge in [-0.3, -0.25) is 0 Å². The molecule has 0 heterocycles. The van der Waals surface area contributed by atoms with Gasteiger partial charge in [0.2, 0.25) is 0 Å². The molecule has 0 bridgehead atoms. The fraction of sp³-hybridized carbons (Fsp3) is 0.312. The number of rotatable bonds is 4. The molecule has 2 rings (SSSR count). The van der Waals surface area contributed by atoms with Gasteiger partial charge in [0, 0.05) is 12.7 Å². The van der Waals surface area contributed by atoms with E-state index in [9.17, 15) is 4.79 Å². The molecule has 3 heteroatoms. The molecule has 100 valence electrons. The molecule has 0 aromatic heterocycles. The summed E-state index contributed by atoms with van der Waals surface area (Å²) < 4.78 is 10.6. The first-order chi connectivity index (χ1) is 9.13. The number of hydrogen-bond donors (Lipinski definition) is 0. The predicted octanol–water partition coefficient (Wildman–Crippen LogP) is 3.26. The van der Waals surface area contributed by atoms with Crippen LogP contribution >= 0.6 is 0 Å². The molecule has 0 unspecified atom stereocenters. The van der Waals surface area contributed by atoms with Crippen LogP contribution in [0.3, 0.4) is 0 Å². The number of benzene rings is 2. The molecule has 0 aliphatic carbocycles. The lowest BCUT2D eigenvalue weighted by Gasteiger charge is -2.27. The second-order valence-corrected chi connectivity index (χ2v) is 4.48. The highest BCUT2D eigenvalue weighted by atomic mass is 16.6. The Kier molecular flexibility index (Phi) is 3.86. The van der Waals surface area contributed by atoms with Gasteiger partial charge in [-0.25, -0.2) is 4.79 Å². The van der Waals surface area contributed by atoms with E-state index in [0.29, 0.717) is 6.61 Å². The van der Waals surface area contributed by atoms with E-state index in [0.717, 1.165) is 16.3 Å². The average Bonchev–Trinajstić information content (AvgIpc) is 2.46. The summed E-state index contributed by atoms with van der Waals surface area (Å²) in [6.45, 7) is 3.87. The highest BCUT2D eigenvalue weighted by Gasteiger charge is 2.38. The number of esters is 1. The lowest BCUT2D eigenvalue weighted by Crippen LogP contribution is -2.36. The van der Waals surface area contributed by atoms with Gasteiger partial charge in [-0.15, -0.1) is 0 Å². The van der Waals surface area contributed by atoms with Crippen LogP contribution in [0.2, 0.25) is 0 Å². The van der Waals surface area contributed by atoms with Crippen LogP contribution in [0, 0.1) is 0 Å². The summed E-state index contributed by atoms with van der Waals surface area (Å²) in [6.07, 6.45) is 0. The first-order valence-corrected chi connectivity index (χ1v) is 6.34. The van der Waals surface area contributed by atoms with Crippen molar-refractivity contribution >= 4 is 16.7 Å². The van der Waals surface area contributed by atoms with E-state index in [1.807, 2.05) is 42.5 Å². The van der Waals surface area contributed by atoms with Crippen molar-refractivity contribution in [2.45, 2.75) is 19.4 Å². The SMILES string of the molecule is CCOC(=O)[C@@](C)(OC)c1cccc2ccccc12. The molecule has 2 aromatic carbocycles. The zero-order valence-corrected chi connectivity index (χ0v) is 11.5. The Morgan fingerprint density at radius 3 is 2.53 bits per heavy atom. The maximum absolute atomic E-state index is 12.2. The van der Waals surface area contributed by atoms with Crippen molar-refractivity contribution in [1.29, 1.82) is 0 Å². The van der Waals surface area contributed by atoms with Crippen molar-refractivity contribution in [3.8, 4) is 0 Å². The molecular formula is C16H18O3. The largest absolute Gasteiger partial charge is 0.464 e. The van der Waals surface area contributed by atoms with Crippen molar-refractivity contribution in [1.82, 2.24) is 0 Å². The minimum absolute atomic E-state index is 0.336. The van der Waals surface area contributed by atoms with Crippen LogP contribution in [-0.4, -0.2) is 19.7 Å².